The van der Waals surface area contributed by atoms with Crippen molar-refractivity contribution < 1.29 is 4.74 Å². The molecular formula is C24H34ClN5O. The average Bonchev–Trinajstić information content (AvgIpc) is 3.60. The van der Waals surface area contributed by atoms with Gasteiger partial charge >= 0.3 is 0 Å². The Morgan fingerprint density at radius 2 is 1.87 bits per heavy atom. The lowest BCUT2D eigenvalue weighted by atomic mass is 9.90. The number of nitrogens with zero attached hydrogens (tertiary/aromatic N) is 2. The molecule has 3 N–H and O–H groups in total. The molecule has 2 aromatic rings. The van der Waals surface area contributed by atoms with Crippen molar-refractivity contribution in [3.05, 3.63) is 35.5 Å². The molecule has 2 aromatic heterocycles. The lowest BCUT2D eigenvalue weighted by Gasteiger charge is -2.31. The Morgan fingerprint density at radius 1 is 1.10 bits per heavy atom. The van der Waals surface area contributed by atoms with Gasteiger partial charge in [-0.2, -0.15) is 0 Å². The first kappa shape index (κ1) is 22.3. The molecule has 2 aliphatic carbocycles. The molecule has 7 heteroatoms. The molecule has 0 unspecified atom stereocenters. The summed E-state index contributed by atoms with van der Waals surface area (Å²) >= 11 is 6.49. The number of hydrogen-bond acceptors (Lipinski definition) is 6. The second-order valence-electron chi connectivity index (χ2n) is 9.00. The first-order valence-corrected chi connectivity index (χ1v) is 11.9. The number of rotatable bonds is 10. The van der Waals surface area contributed by atoms with E-state index < -0.39 is 0 Å². The van der Waals surface area contributed by atoms with E-state index in [4.69, 9.17) is 21.3 Å². The van der Waals surface area contributed by atoms with Crippen LogP contribution < -0.4 is 16.0 Å². The highest BCUT2D eigenvalue weighted by Gasteiger charge is 2.23. The maximum atomic E-state index is 6.49. The van der Waals surface area contributed by atoms with E-state index in [1.54, 1.807) is 13.3 Å². The molecule has 0 bridgehead atoms. The van der Waals surface area contributed by atoms with Crippen molar-refractivity contribution in [2.45, 2.75) is 63.6 Å². The molecular weight excluding hydrogens is 410 g/mol. The Labute approximate surface area is 190 Å². The van der Waals surface area contributed by atoms with Crippen molar-refractivity contribution in [2.24, 2.45) is 5.92 Å². The van der Waals surface area contributed by atoms with Gasteiger partial charge in [-0.1, -0.05) is 17.7 Å². The molecule has 0 amide bonds. The molecule has 0 aromatic carbocycles. The van der Waals surface area contributed by atoms with Crippen LogP contribution in [0, 0.1) is 5.92 Å². The predicted molar refractivity (Wildman–Crippen MR) is 128 cm³/mol. The Kier molecular flexibility index (Phi) is 7.64. The van der Waals surface area contributed by atoms with E-state index in [9.17, 15) is 0 Å². The summed E-state index contributed by atoms with van der Waals surface area (Å²) in [5.41, 5.74) is 1.79. The van der Waals surface area contributed by atoms with E-state index in [1.165, 1.54) is 12.8 Å². The van der Waals surface area contributed by atoms with E-state index in [0.29, 0.717) is 23.1 Å². The highest BCUT2D eigenvalue weighted by atomic mass is 35.5. The fourth-order valence-electron chi connectivity index (χ4n) is 4.28. The zero-order valence-corrected chi connectivity index (χ0v) is 19.3. The van der Waals surface area contributed by atoms with Gasteiger partial charge in [0.25, 0.3) is 0 Å². The lowest BCUT2D eigenvalue weighted by molar-refractivity contribution is 0.161. The third kappa shape index (κ3) is 6.55. The molecule has 31 heavy (non-hydrogen) atoms. The average molecular weight is 444 g/mol. The van der Waals surface area contributed by atoms with Crippen LogP contribution in [0.5, 0.6) is 0 Å². The molecule has 0 aliphatic heterocycles. The lowest BCUT2D eigenvalue weighted by Crippen LogP contribution is -2.42. The minimum atomic E-state index is 0.391. The topological polar surface area (TPSA) is 71.1 Å². The molecule has 2 heterocycles. The van der Waals surface area contributed by atoms with E-state index in [0.717, 1.165) is 67.6 Å². The van der Waals surface area contributed by atoms with Gasteiger partial charge in [0.2, 0.25) is 0 Å². The summed E-state index contributed by atoms with van der Waals surface area (Å²) in [5, 5.41) is 11.3. The minimum Gasteiger partial charge on any atom is -0.383 e. The van der Waals surface area contributed by atoms with Gasteiger partial charge in [0.15, 0.2) is 0 Å². The first-order valence-electron chi connectivity index (χ1n) is 11.5. The fraction of sp³-hybridized carbons (Fsp3) is 0.583. The molecule has 168 valence electrons. The molecule has 4 rings (SSSR count). The number of ether oxygens (including phenoxy) is 1. The van der Waals surface area contributed by atoms with Crippen molar-refractivity contribution in [3.63, 3.8) is 0 Å². The van der Waals surface area contributed by atoms with Crippen molar-refractivity contribution in [1.29, 1.82) is 0 Å². The zero-order chi connectivity index (χ0) is 21.6. The smallest absolute Gasteiger partial charge is 0.126 e. The maximum Gasteiger partial charge on any atom is 0.126 e. The largest absolute Gasteiger partial charge is 0.383 e. The molecule has 2 saturated carbocycles. The summed E-state index contributed by atoms with van der Waals surface area (Å²) < 4.78 is 5.23. The summed E-state index contributed by atoms with van der Waals surface area (Å²) in [6.45, 7) is 3.92. The Hall–Kier alpha value is -1.89. The number of nitrogens with one attached hydrogen (secondary N) is 3. The van der Waals surface area contributed by atoms with E-state index in [1.807, 2.05) is 24.3 Å². The third-order valence-corrected chi connectivity index (χ3v) is 6.47. The van der Waals surface area contributed by atoms with Gasteiger partial charge in [0, 0.05) is 43.5 Å². The Bertz CT molecular complexity index is 852. The van der Waals surface area contributed by atoms with Crippen LogP contribution in [0.15, 0.2) is 30.5 Å². The first-order chi connectivity index (χ1) is 15.1. The summed E-state index contributed by atoms with van der Waals surface area (Å²) in [6.07, 6.45) is 8.92. The molecule has 6 nitrogen and oxygen atoms in total. The molecule has 0 saturated heterocycles. The predicted octanol–water partition coefficient (Wildman–Crippen LogP) is 4.97. The maximum absolute atomic E-state index is 6.49. The van der Waals surface area contributed by atoms with Gasteiger partial charge in [-0.05, 0) is 69.6 Å². The SMILES string of the molecule is COC[C@@H](C)N[C@H]1CC[C@H](Nc2cc(-c3cccc(NCC4CC4)n3)c(Cl)cn2)CC1. The van der Waals surface area contributed by atoms with Crippen LogP contribution in [0.25, 0.3) is 11.3 Å². The number of hydrogen-bond donors (Lipinski definition) is 3. The second kappa shape index (κ2) is 10.6. The number of aromatic nitrogens is 2. The van der Waals surface area contributed by atoms with Gasteiger partial charge in [-0.15, -0.1) is 0 Å². The monoisotopic (exact) mass is 443 g/mol. The minimum absolute atomic E-state index is 0.391. The third-order valence-electron chi connectivity index (χ3n) is 6.17. The summed E-state index contributed by atoms with van der Waals surface area (Å²) in [4.78, 5) is 9.30. The van der Waals surface area contributed by atoms with Crippen LogP contribution in [-0.4, -0.2) is 48.4 Å². The van der Waals surface area contributed by atoms with Crippen LogP contribution in [0.1, 0.15) is 45.4 Å². The normalized spacial score (nSPS) is 22.2. The zero-order valence-electron chi connectivity index (χ0n) is 18.5. The summed E-state index contributed by atoms with van der Waals surface area (Å²) in [6, 6.07) is 9.46. The van der Waals surface area contributed by atoms with Gasteiger partial charge < -0.3 is 20.7 Å². The van der Waals surface area contributed by atoms with E-state index in [2.05, 4.69) is 27.9 Å². The van der Waals surface area contributed by atoms with Gasteiger partial charge in [0.05, 0.1) is 17.3 Å². The van der Waals surface area contributed by atoms with Crippen LogP contribution in [-0.2, 0) is 4.74 Å². The molecule has 0 radical (unpaired) electrons. The fourth-order valence-corrected chi connectivity index (χ4v) is 4.48. The highest BCUT2D eigenvalue weighted by molar-refractivity contribution is 6.33. The highest BCUT2D eigenvalue weighted by Crippen LogP contribution is 2.31. The number of methoxy groups -OCH3 is 1. The van der Waals surface area contributed by atoms with Crippen LogP contribution in [0.3, 0.4) is 0 Å². The van der Waals surface area contributed by atoms with Crippen molar-refractivity contribution in [3.8, 4) is 11.3 Å². The second-order valence-corrected chi connectivity index (χ2v) is 9.40. The van der Waals surface area contributed by atoms with E-state index in [-0.39, 0.29) is 0 Å². The van der Waals surface area contributed by atoms with Gasteiger partial charge in [0.1, 0.15) is 11.6 Å². The Balaban J connectivity index is 1.35. The standard InChI is InChI=1S/C24H34ClN5O/c1-16(15-31-2)28-18-8-10-19(11-9-18)29-24-12-20(21(25)14-27-24)22-4-3-5-23(30-22)26-13-17-6-7-17/h3-5,12,14,16-19,28H,6-11,13,15H2,1-2H3,(H,26,30)(H,27,29)/t16-,18-,19-/m1/s1. The molecule has 2 fully saturated rings. The van der Waals surface area contributed by atoms with Crippen molar-refractivity contribution >= 4 is 23.2 Å². The molecule has 0 spiro atoms. The van der Waals surface area contributed by atoms with Gasteiger partial charge in [-0.3, -0.25) is 0 Å². The number of halogens is 1. The van der Waals surface area contributed by atoms with Gasteiger partial charge in [-0.25, -0.2) is 9.97 Å². The Morgan fingerprint density at radius 3 is 2.61 bits per heavy atom. The van der Waals surface area contributed by atoms with Crippen LogP contribution in [0.4, 0.5) is 11.6 Å². The van der Waals surface area contributed by atoms with Crippen molar-refractivity contribution in [2.75, 3.05) is 30.9 Å². The summed E-state index contributed by atoms with van der Waals surface area (Å²) in [7, 11) is 1.75. The van der Waals surface area contributed by atoms with Crippen molar-refractivity contribution in [1.82, 2.24) is 15.3 Å². The quantitative estimate of drug-likeness (QED) is 0.481. The number of pyridine rings is 2. The summed E-state index contributed by atoms with van der Waals surface area (Å²) in [5.74, 6) is 2.57. The molecule has 2 aliphatic rings. The number of anilines is 2. The molecule has 1 atom stereocenters. The van der Waals surface area contributed by atoms with E-state index >= 15 is 0 Å². The van der Waals surface area contributed by atoms with Crippen LogP contribution >= 0.6 is 11.6 Å². The van der Waals surface area contributed by atoms with Crippen LogP contribution in [0.2, 0.25) is 5.02 Å².